The highest BCUT2D eigenvalue weighted by molar-refractivity contribution is 9.10. The number of nitrogens with one attached hydrogen (secondary N) is 1. The average molecular weight is 334 g/mol. The fourth-order valence-corrected chi connectivity index (χ4v) is 2.75. The molecule has 0 bridgehead atoms. The Kier molecular flexibility index (Phi) is 4.71. The van der Waals surface area contributed by atoms with Crippen molar-refractivity contribution in [3.05, 3.63) is 57.6 Å². The van der Waals surface area contributed by atoms with Crippen molar-refractivity contribution in [2.24, 2.45) is 0 Å². The number of ether oxygens (including phenoxy) is 1. The Labute approximate surface area is 129 Å². The van der Waals surface area contributed by atoms with Gasteiger partial charge in [0.1, 0.15) is 5.75 Å². The first-order chi connectivity index (χ1) is 9.51. The van der Waals surface area contributed by atoms with Gasteiger partial charge < -0.3 is 10.1 Å². The van der Waals surface area contributed by atoms with E-state index in [-0.39, 0.29) is 6.04 Å². The van der Waals surface area contributed by atoms with Gasteiger partial charge in [0, 0.05) is 15.7 Å². The van der Waals surface area contributed by atoms with E-state index in [1.54, 1.807) is 7.11 Å². The van der Waals surface area contributed by atoms with Gasteiger partial charge in [0.25, 0.3) is 0 Å². The van der Waals surface area contributed by atoms with E-state index >= 15 is 0 Å². The minimum atomic E-state index is 0.186. The summed E-state index contributed by atoms with van der Waals surface area (Å²) in [5, 5.41) is 3.55. The van der Waals surface area contributed by atoms with Gasteiger partial charge in [-0.3, -0.25) is 0 Å². The second kappa shape index (κ2) is 6.31. The standard InChI is InChI=1S/C17H20BrNO/c1-11-5-7-15(17(9-11)20-4)13(3)19-16-8-6-14(18)10-12(16)2/h5-10,13,19H,1-4H3. The highest BCUT2D eigenvalue weighted by atomic mass is 79.9. The largest absolute Gasteiger partial charge is 0.496 e. The first kappa shape index (κ1) is 14.9. The lowest BCUT2D eigenvalue weighted by atomic mass is 10.0. The number of methoxy groups -OCH3 is 1. The highest BCUT2D eigenvalue weighted by Gasteiger charge is 2.12. The van der Waals surface area contributed by atoms with Gasteiger partial charge >= 0.3 is 0 Å². The normalized spacial score (nSPS) is 12.1. The van der Waals surface area contributed by atoms with Crippen molar-refractivity contribution in [1.29, 1.82) is 0 Å². The second-order valence-corrected chi connectivity index (χ2v) is 5.99. The number of hydrogen-bond acceptors (Lipinski definition) is 2. The van der Waals surface area contributed by atoms with Crippen LogP contribution < -0.4 is 10.1 Å². The average Bonchev–Trinajstić information content (AvgIpc) is 2.41. The van der Waals surface area contributed by atoms with E-state index in [0.29, 0.717) is 0 Å². The van der Waals surface area contributed by atoms with Crippen LogP contribution >= 0.6 is 15.9 Å². The van der Waals surface area contributed by atoms with Crippen LogP contribution in [0.3, 0.4) is 0 Å². The van der Waals surface area contributed by atoms with E-state index in [9.17, 15) is 0 Å². The van der Waals surface area contributed by atoms with Crippen molar-refractivity contribution in [3.8, 4) is 5.75 Å². The fraction of sp³-hybridized carbons (Fsp3) is 0.294. The number of anilines is 1. The maximum atomic E-state index is 5.49. The van der Waals surface area contributed by atoms with Gasteiger partial charge in [-0.2, -0.15) is 0 Å². The third-order valence-electron chi connectivity index (χ3n) is 3.42. The van der Waals surface area contributed by atoms with Crippen LogP contribution in [0.1, 0.15) is 29.7 Å². The predicted molar refractivity (Wildman–Crippen MR) is 88.6 cm³/mol. The van der Waals surface area contributed by atoms with Gasteiger partial charge in [-0.15, -0.1) is 0 Å². The third kappa shape index (κ3) is 3.34. The first-order valence-electron chi connectivity index (χ1n) is 6.68. The molecule has 1 N–H and O–H groups in total. The minimum absolute atomic E-state index is 0.186. The Balaban J connectivity index is 2.25. The van der Waals surface area contributed by atoms with Gasteiger partial charge in [-0.05, 0) is 56.2 Å². The molecule has 106 valence electrons. The maximum Gasteiger partial charge on any atom is 0.124 e. The molecule has 0 amide bonds. The molecule has 0 saturated heterocycles. The Bertz CT molecular complexity index is 610. The Morgan fingerprint density at radius 2 is 1.85 bits per heavy atom. The van der Waals surface area contributed by atoms with Crippen LogP contribution in [-0.2, 0) is 0 Å². The fourth-order valence-electron chi connectivity index (χ4n) is 2.28. The van der Waals surface area contributed by atoms with Gasteiger partial charge in [0.2, 0.25) is 0 Å². The monoisotopic (exact) mass is 333 g/mol. The maximum absolute atomic E-state index is 5.49. The van der Waals surface area contributed by atoms with E-state index in [4.69, 9.17) is 4.74 Å². The zero-order valence-corrected chi connectivity index (χ0v) is 13.9. The first-order valence-corrected chi connectivity index (χ1v) is 7.48. The van der Waals surface area contributed by atoms with Crippen molar-refractivity contribution >= 4 is 21.6 Å². The molecule has 0 aromatic heterocycles. The number of benzene rings is 2. The SMILES string of the molecule is COc1cc(C)ccc1C(C)Nc1ccc(Br)cc1C. The summed E-state index contributed by atoms with van der Waals surface area (Å²) < 4.78 is 6.59. The summed E-state index contributed by atoms with van der Waals surface area (Å²) in [7, 11) is 1.72. The minimum Gasteiger partial charge on any atom is -0.496 e. The zero-order chi connectivity index (χ0) is 14.7. The third-order valence-corrected chi connectivity index (χ3v) is 3.91. The Morgan fingerprint density at radius 1 is 1.10 bits per heavy atom. The van der Waals surface area contributed by atoms with Crippen LogP contribution in [0.25, 0.3) is 0 Å². The number of halogens is 1. The van der Waals surface area contributed by atoms with Crippen LogP contribution in [0.15, 0.2) is 40.9 Å². The molecule has 20 heavy (non-hydrogen) atoms. The summed E-state index contributed by atoms with van der Waals surface area (Å²) in [6.07, 6.45) is 0. The van der Waals surface area contributed by atoms with Gasteiger partial charge in [-0.1, -0.05) is 28.1 Å². The molecule has 1 atom stereocenters. The van der Waals surface area contributed by atoms with Crippen LogP contribution in [0, 0.1) is 13.8 Å². The molecule has 0 spiro atoms. The molecule has 0 aliphatic rings. The summed E-state index contributed by atoms with van der Waals surface area (Å²) >= 11 is 3.49. The number of aryl methyl sites for hydroxylation is 2. The van der Waals surface area contributed by atoms with Crippen LogP contribution in [-0.4, -0.2) is 7.11 Å². The van der Waals surface area contributed by atoms with Crippen molar-refractivity contribution in [3.63, 3.8) is 0 Å². The molecule has 0 radical (unpaired) electrons. The molecule has 0 saturated carbocycles. The van der Waals surface area contributed by atoms with Crippen molar-refractivity contribution < 1.29 is 4.74 Å². The number of rotatable bonds is 4. The second-order valence-electron chi connectivity index (χ2n) is 5.07. The van der Waals surface area contributed by atoms with Crippen molar-refractivity contribution in [1.82, 2.24) is 0 Å². The summed E-state index contributed by atoms with van der Waals surface area (Å²) in [4.78, 5) is 0. The Hall–Kier alpha value is -1.48. The molecule has 3 heteroatoms. The highest BCUT2D eigenvalue weighted by Crippen LogP contribution is 2.30. The Morgan fingerprint density at radius 3 is 2.50 bits per heavy atom. The number of hydrogen-bond donors (Lipinski definition) is 1. The van der Waals surface area contributed by atoms with E-state index in [1.807, 2.05) is 0 Å². The van der Waals surface area contributed by atoms with Gasteiger partial charge in [-0.25, -0.2) is 0 Å². The molecule has 0 fully saturated rings. The lowest BCUT2D eigenvalue weighted by molar-refractivity contribution is 0.407. The van der Waals surface area contributed by atoms with Crippen LogP contribution in [0.4, 0.5) is 5.69 Å². The van der Waals surface area contributed by atoms with E-state index < -0.39 is 0 Å². The molecule has 0 heterocycles. The van der Waals surface area contributed by atoms with E-state index in [0.717, 1.165) is 15.9 Å². The molecule has 2 nitrogen and oxygen atoms in total. The van der Waals surface area contributed by atoms with Crippen LogP contribution in [0.2, 0.25) is 0 Å². The van der Waals surface area contributed by atoms with E-state index in [2.05, 4.69) is 78.4 Å². The molecular formula is C17H20BrNO. The summed E-state index contributed by atoms with van der Waals surface area (Å²) in [6.45, 7) is 6.32. The summed E-state index contributed by atoms with van der Waals surface area (Å²) in [6, 6.07) is 12.8. The molecule has 0 aliphatic heterocycles. The molecule has 2 rings (SSSR count). The smallest absolute Gasteiger partial charge is 0.124 e. The molecule has 0 aliphatic carbocycles. The lowest BCUT2D eigenvalue weighted by Crippen LogP contribution is -2.09. The molecule has 2 aromatic rings. The predicted octanol–water partition coefficient (Wildman–Crippen LogP) is 5.25. The lowest BCUT2D eigenvalue weighted by Gasteiger charge is -2.20. The topological polar surface area (TPSA) is 21.3 Å². The molecule has 1 unspecified atom stereocenters. The van der Waals surface area contributed by atoms with Gasteiger partial charge in [0.15, 0.2) is 0 Å². The van der Waals surface area contributed by atoms with E-state index in [1.165, 1.54) is 16.7 Å². The molecular weight excluding hydrogens is 314 g/mol. The summed E-state index contributed by atoms with van der Waals surface area (Å²) in [5.41, 5.74) is 4.73. The van der Waals surface area contributed by atoms with Gasteiger partial charge in [0.05, 0.1) is 13.2 Å². The quantitative estimate of drug-likeness (QED) is 0.825. The molecule has 2 aromatic carbocycles. The summed E-state index contributed by atoms with van der Waals surface area (Å²) in [5.74, 6) is 0.930. The van der Waals surface area contributed by atoms with Crippen LogP contribution in [0.5, 0.6) is 5.75 Å². The van der Waals surface area contributed by atoms with Crippen molar-refractivity contribution in [2.75, 3.05) is 12.4 Å². The van der Waals surface area contributed by atoms with Crippen molar-refractivity contribution in [2.45, 2.75) is 26.8 Å². The zero-order valence-electron chi connectivity index (χ0n) is 12.3.